The molecule has 1 amide bonds. The number of sulfone groups is 1. The summed E-state index contributed by atoms with van der Waals surface area (Å²) in [6.45, 7) is 1.30. The molecule has 0 bridgehead atoms. The highest BCUT2D eigenvalue weighted by atomic mass is 32.2. The topological polar surface area (TPSA) is 66.5 Å². The largest absolute Gasteiger partial charge is 0.355 e. The van der Waals surface area contributed by atoms with Gasteiger partial charge in [-0.15, -0.1) is 0 Å². The zero-order chi connectivity index (χ0) is 15.5. The van der Waals surface area contributed by atoms with Crippen LogP contribution in [0.1, 0.15) is 28.8 Å². The molecule has 0 unspecified atom stereocenters. The summed E-state index contributed by atoms with van der Waals surface area (Å²) in [6.07, 6.45) is 3.55. The van der Waals surface area contributed by atoms with Crippen LogP contribution in [0.15, 0.2) is 24.3 Å². The standard InChI is InChI=1S/C15H22N2O3S/c1-16-15(18)13-5-3-12(4-6-13)11-17(14-7-8-14)9-10-21(2,19)20/h3-6,14H,7-11H2,1-2H3,(H,16,18). The molecule has 1 aromatic carbocycles. The first kappa shape index (κ1) is 16.0. The number of hydrogen-bond donors (Lipinski definition) is 1. The molecule has 21 heavy (non-hydrogen) atoms. The van der Waals surface area contributed by atoms with Crippen LogP contribution in [0.4, 0.5) is 0 Å². The number of nitrogens with one attached hydrogen (secondary N) is 1. The summed E-state index contributed by atoms with van der Waals surface area (Å²) >= 11 is 0. The Morgan fingerprint density at radius 1 is 1.29 bits per heavy atom. The molecule has 1 fully saturated rings. The summed E-state index contributed by atoms with van der Waals surface area (Å²) < 4.78 is 22.6. The van der Waals surface area contributed by atoms with Gasteiger partial charge in [0, 0.05) is 38.0 Å². The van der Waals surface area contributed by atoms with Crippen LogP contribution >= 0.6 is 0 Å². The first-order chi connectivity index (χ1) is 9.89. The van der Waals surface area contributed by atoms with Gasteiger partial charge in [-0.25, -0.2) is 8.42 Å². The molecule has 116 valence electrons. The smallest absolute Gasteiger partial charge is 0.251 e. The van der Waals surface area contributed by atoms with Crippen LogP contribution in [0.2, 0.25) is 0 Å². The Bertz CT molecular complexity index is 592. The van der Waals surface area contributed by atoms with Gasteiger partial charge >= 0.3 is 0 Å². The summed E-state index contributed by atoms with van der Waals surface area (Å²) in [5, 5.41) is 2.59. The van der Waals surface area contributed by atoms with Crippen molar-refractivity contribution in [2.24, 2.45) is 0 Å². The van der Waals surface area contributed by atoms with Crippen molar-refractivity contribution in [1.82, 2.24) is 10.2 Å². The van der Waals surface area contributed by atoms with Crippen LogP contribution in [-0.4, -0.2) is 50.9 Å². The highest BCUT2D eigenvalue weighted by Crippen LogP contribution is 2.28. The molecule has 0 heterocycles. The fraction of sp³-hybridized carbons (Fsp3) is 0.533. The van der Waals surface area contributed by atoms with Gasteiger partial charge in [0.2, 0.25) is 0 Å². The molecule has 5 nitrogen and oxygen atoms in total. The van der Waals surface area contributed by atoms with E-state index in [9.17, 15) is 13.2 Å². The molecule has 2 rings (SSSR count). The number of carbonyl (C=O) groups is 1. The lowest BCUT2D eigenvalue weighted by atomic mass is 10.1. The van der Waals surface area contributed by atoms with E-state index < -0.39 is 9.84 Å². The summed E-state index contributed by atoms with van der Waals surface area (Å²) in [5.41, 5.74) is 1.73. The maximum absolute atomic E-state index is 11.5. The number of nitrogens with zero attached hydrogens (tertiary/aromatic N) is 1. The Hall–Kier alpha value is -1.40. The van der Waals surface area contributed by atoms with Gasteiger partial charge in [-0.1, -0.05) is 12.1 Å². The zero-order valence-electron chi connectivity index (χ0n) is 12.5. The second-order valence-electron chi connectivity index (χ2n) is 5.61. The van der Waals surface area contributed by atoms with Crippen molar-refractivity contribution in [3.05, 3.63) is 35.4 Å². The Labute approximate surface area is 126 Å². The normalized spacial score (nSPS) is 15.2. The van der Waals surface area contributed by atoms with Crippen molar-refractivity contribution in [3.63, 3.8) is 0 Å². The minimum Gasteiger partial charge on any atom is -0.355 e. The van der Waals surface area contributed by atoms with Crippen molar-refractivity contribution < 1.29 is 13.2 Å². The fourth-order valence-corrected chi connectivity index (χ4v) is 2.82. The highest BCUT2D eigenvalue weighted by Gasteiger charge is 2.29. The highest BCUT2D eigenvalue weighted by molar-refractivity contribution is 7.90. The van der Waals surface area contributed by atoms with Gasteiger partial charge in [0.25, 0.3) is 5.91 Å². The molecular formula is C15H22N2O3S. The molecule has 0 radical (unpaired) electrons. The van der Waals surface area contributed by atoms with E-state index in [-0.39, 0.29) is 11.7 Å². The van der Waals surface area contributed by atoms with Gasteiger partial charge in [0.1, 0.15) is 9.84 Å². The van der Waals surface area contributed by atoms with Crippen LogP contribution in [0, 0.1) is 0 Å². The van der Waals surface area contributed by atoms with Gasteiger partial charge in [0.15, 0.2) is 0 Å². The van der Waals surface area contributed by atoms with Crippen molar-refractivity contribution in [1.29, 1.82) is 0 Å². The molecule has 0 spiro atoms. The van der Waals surface area contributed by atoms with Crippen molar-refractivity contribution in [2.45, 2.75) is 25.4 Å². The summed E-state index contributed by atoms with van der Waals surface area (Å²) in [5.74, 6) is 0.0949. The summed E-state index contributed by atoms with van der Waals surface area (Å²) in [6, 6.07) is 7.97. The molecular weight excluding hydrogens is 288 g/mol. The van der Waals surface area contributed by atoms with Crippen LogP contribution < -0.4 is 5.32 Å². The number of amides is 1. The second kappa shape index (κ2) is 6.58. The number of hydrogen-bond acceptors (Lipinski definition) is 4. The molecule has 1 aliphatic carbocycles. The lowest BCUT2D eigenvalue weighted by Crippen LogP contribution is -2.30. The van der Waals surface area contributed by atoms with E-state index in [0.29, 0.717) is 18.2 Å². The third-order valence-electron chi connectivity index (χ3n) is 3.64. The third kappa shape index (κ3) is 5.13. The Balaban J connectivity index is 1.98. The predicted molar refractivity (Wildman–Crippen MR) is 83.0 cm³/mol. The molecule has 0 aliphatic heterocycles. The lowest BCUT2D eigenvalue weighted by molar-refractivity contribution is 0.0963. The van der Waals surface area contributed by atoms with E-state index in [4.69, 9.17) is 0 Å². The average Bonchev–Trinajstić information content (AvgIpc) is 3.27. The average molecular weight is 310 g/mol. The molecule has 1 aliphatic rings. The van der Waals surface area contributed by atoms with E-state index in [1.165, 1.54) is 6.26 Å². The first-order valence-electron chi connectivity index (χ1n) is 7.12. The number of rotatable bonds is 7. The van der Waals surface area contributed by atoms with Gasteiger partial charge in [0.05, 0.1) is 5.75 Å². The second-order valence-corrected chi connectivity index (χ2v) is 7.87. The van der Waals surface area contributed by atoms with E-state index in [1.54, 1.807) is 19.2 Å². The van der Waals surface area contributed by atoms with E-state index >= 15 is 0 Å². The predicted octanol–water partition coefficient (Wildman–Crippen LogP) is 1.06. The SMILES string of the molecule is CNC(=O)c1ccc(CN(CCS(C)(=O)=O)C2CC2)cc1. The minimum absolute atomic E-state index is 0.0994. The summed E-state index contributed by atoms with van der Waals surface area (Å²) in [4.78, 5) is 13.7. The van der Waals surface area contributed by atoms with Gasteiger partial charge < -0.3 is 5.32 Å². The van der Waals surface area contributed by atoms with Gasteiger partial charge in [-0.2, -0.15) is 0 Å². The molecule has 1 saturated carbocycles. The number of benzene rings is 1. The molecule has 1 aromatic rings. The third-order valence-corrected chi connectivity index (χ3v) is 4.57. The fourth-order valence-electron chi connectivity index (χ4n) is 2.25. The van der Waals surface area contributed by atoms with Crippen LogP contribution in [0.5, 0.6) is 0 Å². The van der Waals surface area contributed by atoms with Gasteiger partial charge in [-0.3, -0.25) is 9.69 Å². The number of carbonyl (C=O) groups excluding carboxylic acids is 1. The maximum atomic E-state index is 11.5. The Kier molecular flexibility index (Phi) is 5.00. The molecule has 1 N–H and O–H groups in total. The molecule has 0 atom stereocenters. The molecule has 0 saturated heterocycles. The summed E-state index contributed by atoms with van der Waals surface area (Å²) in [7, 11) is -1.33. The van der Waals surface area contributed by atoms with Crippen LogP contribution in [0.25, 0.3) is 0 Å². The van der Waals surface area contributed by atoms with Crippen LogP contribution in [-0.2, 0) is 16.4 Å². The van der Waals surface area contributed by atoms with E-state index in [2.05, 4.69) is 10.2 Å². The van der Waals surface area contributed by atoms with E-state index in [0.717, 1.165) is 24.9 Å². The lowest BCUT2D eigenvalue weighted by Gasteiger charge is -2.21. The zero-order valence-corrected chi connectivity index (χ0v) is 13.3. The Morgan fingerprint density at radius 3 is 2.38 bits per heavy atom. The Morgan fingerprint density at radius 2 is 1.90 bits per heavy atom. The monoisotopic (exact) mass is 310 g/mol. The van der Waals surface area contributed by atoms with Gasteiger partial charge in [-0.05, 0) is 30.5 Å². The van der Waals surface area contributed by atoms with Crippen molar-refractivity contribution >= 4 is 15.7 Å². The van der Waals surface area contributed by atoms with Crippen LogP contribution in [0.3, 0.4) is 0 Å². The minimum atomic E-state index is -2.93. The maximum Gasteiger partial charge on any atom is 0.251 e. The quantitative estimate of drug-likeness (QED) is 0.817. The van der Waals surface area contributed by atoms with Crippen molar-refractivity contribution in [3.8, 4) is 0 Å². The molecule has 0 aromatic heterocycles. The first-order valence-corrected chi connectivity index (χ1v) is 9.18. The van der Waals surface area contributed by atoms with E-state index in [1.807, 2.05) is 12.1 Å². The molecule has 6 heteroatoms. The van der Waals surface area contributed by atoms with Crippen molar-refractivity contribution in [2.75, 3.05) is 25.6 Å².